The normalized spacial score (nSPS) is 9.44. The van der Waals surface area contributed by atoms with Crippen molar-refractivity contribution in [2.45, 2.75) is 0 Å². The van der Waals surface area contributed by atoms with Crippen LogP contribution in [0.25, 0.3) is 11.1 Å². The summed E-state index contributed by atoms with van der Waals surface area (Å²) in [4.78, 5) is 3.90. The maximum Gasteiger partial charge on any atom is 0.176 e. The van der Waals surface area contributed by atoms with Gasteiger partial charge in [-0.25, -0.2) is 0 Å². The molecule has 0 aliphatic heterocycles. The van der Waals surface area contributed by atoms with E-state index in [1.807, 2.05) is 6.07 Å². The minimum Gasteiger partial charge on any atom is -0.504 e. The van der Waals surface area contributed by atoms with E-state index in [9.17, 15) is 10.2 Å². The van der Waals surface area contributed by atoms with E-state index in [2.05, 4.69) is 4.98 Å². The molecule has 1 aromatic heterocycles. The molecule has 0 amide bonds. The van der Waals surface area contributed by atoms with E-state index in [1.165, 1.54) is 6.20 Å². The van der Waals surface area contributed by atoms with Crippen molar-refractivity contribution < 1.29 is 10.2 Å². The molecule has 0 fully saturated rings. The average molecular weight is 237 g/mol. The fourth-order valence-corrected chi connectivity index (χ4v) is 1.67. The molecule has 0 radical (unpaired) electrons. The standard InChI is InChI=1S/C13H7N3O2/c14-5-9-4-11(17)13(18)10(6-15)12(9)8-2-1-3-16-7-8/h1-4,7,17-18H. The van der Waals surface area contributed by atoms with E-state index >= 15 is 0 Å². The Morgan fingerprint density at radius 2 is 1.94 bits per heavy atom. The second-order valence-corrected chi connectivity index (χ2v) is 3.51. The summed E-state index contributed by atoms with van der Waals surface area (Å²) in [5.41, 5.74) is 0.763. The first-order chi connectivity index (χ1) is 8.69. The van der Waals surface area contributed by atoms with Crippen LogP contribution in [-0.4, -0.2) is 15.2 Å². The molecule has 5 heteroatoms. The van der Waals surface area contributed by atoms with Gasteiger partial charge in [-0.3, -0.25) is 4.98 Å². The largest absolute Gasteiger partial charge is 0.504 e. The Hall–Kier alpha value is -3.05. The van der Waals surface area contributed by atoms with Crippen molar-refractivity contribution in [3.05, 3.63) is 41.7 Å². The lowest BCUT2D eigenvalue weighted by molar-refractivity contribution is 0.402. The molecular formula is C13H7N3O2. The quantitative estimate of drug-likeness (QED) is 0.737. The van der Waals surface area contributed by atoms with Crippen molar-refractivity contribution in [3.8, 4) is 34.8 Å². The van der Waals surface area contributed by atoms with Crippen molar-refractivity contribution in [2.24, 2.45) is 0 Å². The van der Waals surface area contributed by atoms with Crippen molar-refractivity contribution in [1.29, 1.82) is 10.5 Å². The van der Waals surface area contributed by atoms with Gasteiger partial charge in [-0.15, -0.1) is 0 Å². The van der Waals surface area contributed by atoms with Crippen LogP contribution < -0.4 is 0 Å². The Morgan fingerprint density at radius 1 is 1.17 bits per heavy atom. The van der Waals surface area contributed by atoms with Crippen LogP contribution >= 0.6 is 0 Å². The van der Waals surface area contributed by atoms with Gasteiger partial charge in [0.25, 0.3) is 0 Å². The fraction of sp³-hybridized carbons (Fsp3) is 0. The zero-order valence-electron chi connectivity index (χ0n) is 9.12. The first-order valence-electron chi connectivity index (χ1n) is 4.98. The molecule has 0 bridgehead atoms. The van der Waals surface area contributed by atoms with E-state index in [0.29, 0.717) is 5.56 Å². The van der Waals surface area contributed by atoms with Gasteiger partial charge in [0.2, 0.25) is 0 Å². The van der Waals surface area contributed by atoms with Gasteiger partial charge in [-0.1, -0.05) is 6.07 Å². The number of phenols is 2. The maximum absolute atomic E-state index is 9.66. The van der Waals surface area contributed by atoms with Crippen molar-refractivity contribution in [1.82, 2.24) is 4.98 Å². The molecule has 0 atom stereocenters. The molecule has 0 saturated heterocycles. The lowest BCUT2D eigenvalue weighted by Crippen LogP contribution is -1.92. The van der Waals surface area contributed by atoms with Crippen LogP contribution in [-0.2, 0) is 0 Å². The topological polar surface area (TPSA) is 101 Å². The number of aromatic hydroxyl groups is 2. The molecule has 2 N–H and O–H groups in total. The summed E-state index contributed by atoms with van der Waals surface area (Å²) in [7, 11) is 0. The first-order valence-corrected chi connectivity index (χ1v) is 4.98. The molecule has 0 aliphatic rings. The molecule has 5 nitrogen and oxygen atoms in total. The lowest BCUT2D eigenvalue weighted by atomic mass is 9.95. The zero-order valence-corrected chi connectivity index (χ0v) is 9.12. The highest BCUT2D eigenvalue weighted by atomic mass is 16.3. The molecule has 86 valence electrons. The smallest absolute Gasteiger partial charge is 0.176 e. The van der Waals surface area contributed by atoms with E-state index in [4.69, 9.17) is 10.5 Å². The van der Waals surface area contributed by atoms with Gasteiger partial charge in [0.05, 0.1) is 11.6 Å². The van der Waals surface area contributed by atoms with E-state index in [0.717, 1.165) is 6.07 Å². The Bertz CT molecular complexity index is 682. The average Bonchev–Trinajstić information content (AvgIpc) is 2.42. The van der Waals surface area contributed by atoms with E-state index < -0.39 is 11.5 Å². The summed E-state index contributed by atoms with van der Waals surface area (Å²) >= 11 is 0. The third kappa shape index (κ3) is 1.70. The summed E-state index contributed by atoms with van der Waals surface area (Å²) in [6.45, 7) is 0. The molecule has 0 aliphatic carbocycles. The number of hydrogen-bond donors (Lipinski definition) is 2. The Kier molecular flexibility index (Phi) is 2.82. The van der Waals surface area contributed by atoms with E-state index in [1.54, 1.807) is 24.4 Å². The number of nitriles is 2. The van der Waals surface area contributed by atoms with Gasteiger partial charge in [-0.2, -0.15) is 10.5 Å². The zero-order chi connectivity index (χ0) is 13.1. The lowest BCUT2D eigenvalue weighted by Gasteiger charge is -2.09. The second kappa shape index (κ2) is 4.44. The van der Waals surface area contributed by atoms with Gasteiger partial charge in [-0.05, 0) is 6.07 Å². The molecule has 2 aromatic rings. The number of hydrogen-bond acceptors (Lipinski definition) is 5. The van der Waals surface area contributed by atoms with Gasteiger partial charge in [0.15, 0.2) is 11.5 Å². The van der Waals surface area contributed by atoms with Crippen LogP contribution in [0.1, 0.15) is 11.1 Å². The third-order valence-corrected chi connectivity index (χ3v) is 2.46. The molecule has 0 spiro atoms. The molecule has 18 heavy (non-hydrogen) atoms. The van der Waals surface area contributed by atoms with Crippen LogP contribution in [0.3, 0.4) is 0 Å². The number of benzene rings is 1. The Morgan fingerprint density at radius 3 is 2.50 bits per heavy atom. The van der Waals surface area contributed by atoms with Gasteiger partial charge in [0.1, 0.15) is 11.6 Å². The molecule has 0 unspecified atom stereocenters. The maximum atomic E-state index is 9.66. The summed E-state index contributed by atoms with van der Waals surface area (Å²) in [5.74, 6) is -1.02. The number of phenolic OH excluding ortho intramolecular Hbond substituents is 2. The molecule has 1 heterocycles. The van der Waals surface area contributed by atoms with E-state index in [-0.39, 0.29) is 16.7 Å². The molecule has 1 aromatic carbocycles. The predicted octanol–water partition coefficient (Wildman–Crippen LogP) is 1.90. The third-order valence-electron chi connectivity index (χ3n) is 2.46. The highest BCUT2D eigenvalue weighted by molar-refractivity contribution is 5.80. The minimum atomic E-state index is -0.532. The number of rotatable bonds is 1. The number of pyridine rings is 1. The predicted molar refractivity (Wildman–Crippen MR) is 62.4 cm³/mol. The van der Waals surface area contributed by atoms with Crippen molar-refractivity contribution in [2.75, 3.05) is 0 Å². The van der Waals surface area contributed by atoms with Crippen molar-refractivity contribution in [3.63, 3.8) is 0 Å². The second-order valence-electron chi connectivity index (χ2n) is 3.51. The minimum absolute atomic E-state index is 0.106. The summed E-state index contributed by atoms with van der Waals surface area (Å²) in [6.07, 6.45) is 3.04. The monoisotopic (exact) mass is 237 g/mol. The van der Waals surface area contributed by atoms with Crippen LogP contribution in [0, 0.1) is 22.7 Å². The number of aromatic nitrogens is 1. The van der Waals surface area contributed by atoms with Crippen LogP contribution in [0.5, 0.6) is 11.5 Å². The Balaban J connectivity index is 2.86. The molecule has 0 saturated carbocycles. The number of nitrogens with zero attached hydrogens (tertiary/aromatic N) is 3. The SMILES string of the molecule is N#Cc1cc(O)c(O)c(C#N)c1-c1cccnc1. The van der Waals surface area contributed by atoms with Crippen molar-refractivity contribution >= 4 is 0 Å². The first kappa shape index (κ1) is 11.4. The Labute approximate surface area is 103 Å². The summed E-state index contributed by atoms with van der Waals surface area (Å²) in [6, 6.07) is 8.12. The van der Waals surface area contributed by atoms with Crippen LogP contribution in [0.15, 0.2) is 30.6 Å². The highest BCUT2D eigenvalue weighted by Crippen LogP contribution is 2.38. The summed E-state index contributed by atoms with van der Waals surface area (Å²) < 4.78 is 0. The van der Waals surface area contributed by atoms with Crippen LogP contribution in [0.2, 0.25) is 0 Å². The fourth-order valence-electron chi connectivity index (χ4n) is 1.67. The molecular weight excluding hydrogens is 230 g/mol. The van der Waals surface area contributed by atoms with Gasteiger partial charge < -0.3 is 10.2 Å². The van der Waals surface area contributed by atoms with Gasteiger partial charge in [0, 0.05) is 29.6 Å². The molecule has 2 rings (SSSR count). The van der Waals surface area contributed by atoms with Gasteiger partial charge >= 0.3 is 0 Å². The summed E-state index contributed by atoms with van der Waals surface area (Å²) in [5, 5.41) is 37.2. The highest BCUT2D eigenvalue weighted by Gasteiger charge is 2.18. The van der Waals surface area contributed by atoms with Crippen LogP contribution in [0.4, 0.5) is 0 Å².